The van der Waals surface area contributed by atoms with Gasteiger partial charge in [-0.05, 0) is 37.1 Å². The molecular formula is C14H16N4OS. The van der Waals surface area contributed by atoms with Gasteiger partial charge in [0.25, 0.3) is 0 Å². The lowest BCUT2D eigenvalue weighted by molar-refractivity contribution is 0.1000. The molecule has 1 heterocycles. The zero-order chi connectivity index (χ0) is 14.7. The predicted octanol–water partition coefficient (Wildman–Crippen LogP) is 2.07. The fraction of sp³-hybridized carbons (Fsp3) is 0.214. The zero-order valence-electron chi connectivity index (χ0n) is 11.4. The number of nitrogens with zero attached hydrogens (tertiary/aromatic N) is 2. The molecule has 0 unspecified atom stereocenters. The minimum absolute atomic E-state index is 0.415. The Balaban J connectivity index is 2.12. The Morgan fingerprint density at radius 2 is 2.00 bits per heavy atom. The van der Waals surface area contributed by atoms with Crippen molar-refractivity contribution in [3.8, 4) is 0 Å². The highest BCUT2D eigenvalue weighted by Crippen LogP contribution is 2.23. The Labute approximate surface area is 121 Å². The van der Waals surface area contributed by atoms with E-state index in [2.05, 4.69) is 9.97 Å². The largest absolute Gasteiger partial charge is 0.384 e. The van der Waals surface area contributed by atoms with Gasteiger partial charge in [0.15, 0.2) is 5.16 Å². The predicted molar refractivity (Wildman–Crippen MR) is 80.4 cm³/mol. The van der Waals surface area contributed by atoms with Gasteiger partial charge in [-0.25, -0.2) is 9.97 Å². The Hall–Kier alpha value is -2.08. The van der Waals surface area contributed by atoms with Gasteiger partial charge in [0.2, 0.25) is 5.91 Å². The molecule has 104 valence electrons. The van der Waals surface area contributed by atoms with Gasteiger partial charge in [-0.15, -0.1) is 0 Å². The van der Waals surface area contributed by atoms with Crippen molar-refractivity contribution in [3.63, 3.8) is 0 Å². The van der Waals surface area contributed by atoms with Crippen LogP contribution in [-0.2, 0) is 5.75 Å². The van der Waals surface area contributed by atoms with E-state index in [4.69, 9.17) is 11.5 Å². The normalized spacial score (nSPS) is 10.5. The molecule has 0 atom stereocenters. The van der Waals surface area contributed by atoms with Crippen LogP contribution in [0, 0.1) is 13.8 Å². The van der Waals surface area contributed by atoms with Crippen LogP contribution in [0.15, 0.2) is 29.4 Å². The molecule has 1 aromatic carbocycles. The second kappa shape index (κ2) is 5.92. The van der Waals surface area contributed by atoms with E-state index in [9.17, 15) is 4.79 Å². The summed E-state index contributed by atoms with van der Waals surface area (Å²) in [5.41, 5.74) is 14.5. The van der Waals surface area contributed by atoms with E-state index >= 15 is 0 Å². The Kier molecular flexibility index (Phi) is 4.24. The second-order valence-corrected chi connectivity index (χ2v) is 5.45. The topological polar surface area (TPSA) is 94.9 Å². The molecule has 0 fully saturated rings. The van der Waals surface area contributed by atoms with E-state index in [1.807, 2.05) is 19.9 Å². The third-order valence-corrected chi connectivity index (χ3v) is 3.73. The van der Waals surface area contributed by atoms with Crippen LogP contribution in [0.4, 0.5) is 5.82 Å². The zero-order valence-corrected chi connectivity index (χ0v) is 12.2. The summed E-state index contributed by atoms with van der Waals surface area (Å²) in [6, 6.07) is 7.17. The van der Waals surface area contributed by atoms with Crippen molar-refractivity contribution < 1.29 is 4.79 Å². The van der Waals surface area contributed by atoms with Gasteiger partial charge < -0.3 is 11.5 Å². The first-order valence-electron chi connectivity index (χ1n) is 6.09. The summed E-state index contributed by atoms with van der Waals surface area (Å²) >= 11 is 1.51. The van der Waals surface area contributed by atoms with E-state index in [1.54, 1.807) is 18.2 Å². The van der Waals surface area contributed by atoms with E-state index in [0.29, 0.717) is 22.3 Å². The number of hydrogen-bond acceptors (Lipinski definition) is 5. The maximum Gasteiger partial charge on any atom is 0.248 e. The molecule has 0 spiro atoms. The van der Waals surface area contributed by atoms with Crippen LogP contribution in [0.25, 0.3) is 0 Å². The molecule has 0 aliphatic heterocycles. The fourth-order valence-electron chi connectivity index (χ4n) is 1.78. The third-order valence-electron chi connectivity index (χ3n) is 2.84. The average molecular weight is 288 g/mol. The maximum absolute atomic E-state index is 11.1. The van der Waals surface area contributed by atoms with E-state index in [1.165, 1.54) is 11.8 Å². The summed E-state index contributed by atoms with van der Waals surface area (Å²) in [6.45, 7) is 3.84. The van der Waals surface area contributed by atoms with E-state index in [-0.39, 0.29) is 0 Å². The summed E-state index contributed by atoms with van der Waals surface area (Å²) < 4.78 is 0. The van der Waals surface area contributed by atoms with Crippen molar-refractivity contribution in [2.75, 3.05) is 5.73 Å². The van der Waals surface area contributed by atoms with Crippen molar-refractivity contribution in [2.24, 2.45) is 5.73 Å². The first-order valence-corrected chi connectivity index (χ1v) is 7.07. The number of thioether (sulfide) groups is 1. The van der Waals surface area contributed by atoms with E-state index < -0.39 is 5.91 Å². The molecule has 0 saturated carbocycles. The number of carbonyl (C=O) groups excluding carboxylic acids is 1. The number of rotatable bonds is 4. The lowest BCUT2D eigenvalue weighted by Crippen LogP contribution is -2.11. The molecule has 4 N–H and O–H groups in total. The lowest BCUT2D eigenvalue weighted by Gasteiger charge is -2.07. The number of aromatic nitrogens is 2. The van der Waals surface area contributed by atoms with Crippen molar-refractivity contribution in [1.82, 2.24) is 9.97 Å². The number of nitrogen functional groups attached to an aromatic ring is 1. The third kappa shape index (κ3) is 3.48. The minimum Gasteiger partial charge on any atom is -0.384 e. The quantitative estimate of drug-likeness (QED) is 0.663. The SMILES string of the molecule is Cc1cc(N)nc(SCc2ccc(C(N)=O)cc2C)n1. The molecule has 0 bridgehead atoms. The fourth-order valence-corrected chi connectivity index (χ4v) is 2.77. The van der Waals surface area contributed by atoms with Crippen molar-refractivity contribution in [3.05, 3.63) is 46.6 Å². The number of benzene rings is 1. The smallest absolute Gasteiger partial charge is 0.248 e. The second-order valence-electron chi connectivity index (χ2n) is 4.51. The van der Waals surface area contributed by atoms with Crippen LogP contribution in [0.5, 0.6) is 0 Å². The Bertz CT molecular complexity index is 637. The van der Waals surface area contributed by atoms with Gasteiger partial charge in [-0.3, -0.25) is 4.79 Å². The number of anilines is 1. The number of amides is 1. The standard InChI is InChI=1S/C14H16N4OS/c1-8-5-10(13(16)19)3-4-11(8)7-20-14-17-9(2)6-12(15)18-14/h3-6H,7H2,1-2H3,(H2,16,19)(H2,15,17,18). The summed E-state index contributed by atoms with van der Waals surface area (Å²) in [7, 11) is 0. The first-order chi connectivity index (χ1) is 9.45. The highest BCUT2D eigenvalue weighted by molar-refractivity contribution is 7.98. The van der Waals surface area contributed by atoms with Crippen LogP contribution >= 0.6 is 11.8 Å². The number of carbonyl (C=O) groups is 1. The van der Waals surface area contributed by atoms with Crippen molar-refractivity contribution in [2.45, 2.75) is 24.8 Å². The first kappa shape index (κ1) is 14.3. The van der Waals surface area contributed by atoms with Gasteiger partial charge in [0.1, 0.15) is 5.82 Å². The Morgan fingerprint density at radius 1 is 1.25 bits per heavy atom. The number of aryl methyl sites for hydroxylation is 2. The van der Waals surface area contributed by atoms with Gasteiger partial charge in [-0.2, -0.15) is 0 Å². The molecule has 1 aromatic heterocycles. The summed E-state index contributed by atoms with van der Waals surface area (Å²) in [5, 5.41) is 0.654. The summed E-state index contributed by atoms with van der Waals surface area (Å²) in [6.07, 6.45) is 0. The molecule has 2 rings (SSSR count). The molecule has 0 aliphatic rings. The van der Waals surface area contributed by atoms with Crippen molar-refractivity contribution in [1.29, 1.82) is 0 Å². The highest BCUT2D eigenvalue weighted by Gasteiger charge is 2.06. The summed E-state index contributed by atoms with van der Waals surface area (Å²) in [4.78, 5) is 19.6. The van der Waals surface area contributed by atoms with Crippen LogP contribution in [0.3, 0.4) is 0 Å². The Morgan fingerprint density at radius 3 is 2.60 bits per heavy atom. The molecule has 0 radical (unpaired) electrons. The van der Waals surface area contributed by atoms with Gasteiger partial charge in [0.05, 0.1) is 0 Å². The van der Waals surface area contributed by atoms with Crippen LogP contribution in [0.1, 0.15) is 27.2 Å². The molecule has 20 heavy (non-hydrogen) atoms. The van der Waals surface area contributed by atoms with Crippen LogP contribution in [0.2, 0.25) is 0 Å². The van der Waals surface area contributed by atoms with E-state index in [0.717, 1.165) is 16.8 Å². The monoisotopic (exact) mass is 288 g/mol. The maximum atomic E-state index is 11.1. The van der Waals surface area contributed by atoms with Gasteiger partial charge >= 0.3 is 0 Å². The molecule has 1 amide bonds. The number of primary amides is 1. The minimum atomic E-state index is -0.415. The average Bonchev–Trinajstić information content (AvgIpc) is 2.36. The molecule has 6 heteroatoms. The molecule has 0 saturated heterocycles. The number of hydrogen-bond donors (Lipinski definition) is 2. The number of nitrogens with two attached hydrogens (primary N) is 2. The van der Waals surface area contributed by atoms with Gasteiger partial charge in [-0.1, -0.05) is 17.8 Å². The lowest BCUT2D eigenvalue weighted by atomic mass is 10.1. The van der Waals surface area contributed by atoms with Gasteiger partial charge in [0, 0.05) is 23.1 Å². The molecule has 0 aliphatic carbocycles. The van der Waals surface area contributed by atoms with Crippen LogP contribution in [-0.4, -0.2) is 15.9 Å². The summed E-state index contributed by atoms with van der Waals surface area (Å²) in [5.74, 6) is 0.774. The van der Waals surface area contributed by atoms with Crippen LogP contribution < -0.4 is 11.5 Å². The van der Waals surface area contributed by atoms with Crippen molar-refractivity contribution >= 4 is 23.5 Å². The molecule has 5 nitrogen and oxygen atoms in total. The molecule has 2 aromatic rings. The molecular weight excluding hydrogens is 272 g/mol. The highest BCUT2D eigenvalue weighted by atomic mass is 32.2.